The largest absolute Gasteiger partial charge is 0.274 e. The maximum absolute atomic E-state index is 11.6. The van der Waals surface area contributed by atoms with Gasteiger partial charge in [-0.2, -0.15) is 0 Å². The number of benzene rings is 2. The number of nitrogens with one attached hydrogen (secondary N) is 1. The summed E-state index contributed by atoms with van der Waals surface area (Å²) in [5.41, 5.74) is 3.92. The first-order valence-electron chi connectivity index (χ1n) is 5.28. The Bertz CT molecular complexity index is 468. The molecular formula is C14H12NO2. The fraction of sp³-hybridized carbons (Fsp3) is 0.0714. The summed E-state index contributed by atoms with van der Waals surface area (Å²) >= 11 is 0. The number of hydrogen-bond acceptors (Lipinski definition) is 2. The van der Waals surface area contributed by atoms with E-state index in [9.17, 15) is 4.79 Å². The molecule has 2 rings (SSSR count). The zero-order valence-corrected chi connectivity index (χ0v) is 9.22. The maximum Gasteiger partial charge on any atom is 0.274 e. The maximum atomic E-state index is 11.6. The zero-order chi connectivity index (χ0) is 11.9. The van der Waals surface area contributed by atoms with E-state index in [2.05, 4.69) is 11.5 Å². The second-order valence-corrected chi connectivity index (χ2v) is 3.50. The summed E-state index contributed by atoms with van der Waals surface area (Å²) in [5, 5.41) is 0. The number of carbonyl (C=O) groups excluding carboxylic acids is 1. The Morgan fingerprint density at radius 3 is 2.71 bits per heavy atom. The van der Waals surface area contributed by atoms with E-state index in [-0.39, 0.29) is 5.91 Å². The minimum absolute atomic E-state index is 0.266. The predicted octanol–water partition coefficient (Wildman–Crippen LogP) is 2.35. The molecule has 2 aromatic rings. The fourth-order valence-electron chi connectivity index (χ4n) is 1.35. The average Bonchev–Trinajstić information content (AvgIpc) is 2.41. The highest BCUT2D eigenvalue weighted by Crippen LogP contribution is 2.00. The Labute approximate surface area is 100.0 Å². The summed E-state index contributed by atoms with van der Waals surface area (Å²) in [5.74, 6) is -0.266. The van der Waals surface area contributed by atoms with Gasteiger partial charge in [-0.1, -0.05) is 42.5 Å². The Morgan fingerprint density at radius 2 is 2.00 bits per heavy atom. The lowest BCUT2D eigenvalue weighted by Gasteiger charge is -2.05. The van der Waals surface area contributed by atoms with E-state index in [1.807, 2.05) is 30.3 Å². The molecule has 0 bridgehead atoms. The van der Waals surface area contributed by atoms with Crippen LogP contribution in [0, 0.1) is 6.07 Å². The lowest BCUT2D eigenvalue weighted by molar-refractivity contribution is 0.0233. The van der Waals surface area contributed by atoms with Crippen LogP contribution < -0.4 is 5.48 Å². The Hall–Kier alpha value is -2.13. The van der Waals surface area contributed by atoms with Gasteiger partial charge >= 0.3 is 0 Å². The van der Waals surface area contributed by atoms with E-state index in [1.165, 1.54) is 0 Å². The summed E-state index contributed by atoms with van der Waals surface area (Å²) in [7, 11) is 0. The molecule has 0 fully saturated rings. The Balaban J connectivity index is 1.82. The van der Waals surface area contributed by atoms with E-state index < -0.39 is 0 Å². The van der Waals surface area contributed by atoms with Crippen LogP contribution in [0.1, 0.15) is 15.9 Å². The molecule has 0 aliphatic carbocycles. The first-order chi connectivity index (χ1) is 8.36. The van der Waals surface area contributed by atoms with Crippen molar-refractivity contribution in [3.05, 3.63) is 71.8 Å². The van der Waals surface area contributed by atoms with Crippen LogP contribution in [0.4, 0.5) is 0 Å². The molecule has 0 atom stereocenters. The Kier molecular flexibility index (Phi) is 3.89. The normalized spacial score (nSPS) is 9.88. The van der Waals surface area contributed by atoms with Crippen molar-refractivity contribution in [3.8, 4) is 0 Å². The van der Waals surface area contributed by atoms with Gasteiger partial charge in [0.25, 0.3) is 5.91 Å². The van der Waals surface area contributed by atoms with Gasteiger partial charge < -0.3 is 0 Å². The Morgan fingerprint density at radius 1 is 1.18 bits per heavy atom. The summed E-state index contributed by atoms with van der Waals surface area (Å²) in [6.45, 7) is 0.350. The van der Waals surface area contributed by atoms with Gasteiger partial charge in [-0.05, 0) is 23.8 Å². The van der Waals surface area contributed by atoms with Gasteiger partial charge in [-0.15, -0.1) is 0 Å². The molecule has 0 aliphatic rings. The van der Waals surface area contributed by atoms with E-state index in [1.54, 1.807) is 24.3 Å². The van der Waals surface area contributed by atoms with Gasteiger partial charge in [0.15, 0.2) is 0 Å². The molecule has 1 radical (unpaired) electrons. The molecule has 0 saturated heterocycles. The SMILES string of the molecule is O=C(NOCc1ccccc1)c1c[c]ccc1. The van der Waals surface area contributed by atoms with Gasteiger partial charge in [0.05, 0.1) is 6.61 Å². The highest BCUT2D eigenvalue weighted by Gasteiger charge is 2.03. The van der Waals surface area contributed by atoms with Gasteiger partial charge in [0, 0.05) is 5.56 Å². The number of hydroxylamine groups is 1. The average molecular weight is 226 g/mol. The van der Waals surface area contributed by atoms with E-state index in [4.69, 9.17) is 4.84 Å². The van der Waals surface area contributed by atoms with Crippen molar-refractivity contribution in [2.75, 3.05) is 0 Å². The monoisotopic (exact) mass is 226 g/mol. The van der Waals surface area contributed by atoms with Crippen LogP contribution >= 0.6 is 0 Å². The van der Waals surface area contributed by atoms with E-state index >= 15 is 0 Å². The number of amides is 1. The predicted molar refractivity (Wildman–Crippen MR) is 64.0 cm³/mol. The highest BCUT2D eigenvalue weighted by molar-refractivity contribution is 5.93. The molecule has 3 nitrogen and oxygen atoms in total. The van der Waals surface area contributed by atoms with Crippen LogP contribution in [0.2, 0.25) is 0 Å². The number of rotatable bonds is 4. The fourth-order valence-corrected chi connectivity index (χ4v) is 1.35. The molecule has 0 heterocycles. The molecule has 0 spiro atoms. The second-order valence-electron chi connectivity index (χ2n) is 3.50. The lowest BCUT2D eigenvalue weighted by atomic mass is 10.2. The van der Waals surface area contributed by atoms with E-state index in [0.717, 1.165) is 5.56 Å². The first-order valence-corrected chi connectivity index (χ1v) is 5.28. The smallest absolute Gasteiger partial charge is 0.269 e. The van der Waals surface area contributed by atoms with Crippen molar-refractivity contribution >= 4 is 5.91 Å². The van der Waals surface area contributed by atoms with Crippen LogP contribution in [0.15, 0.2) is 54.6 Å². The molecule has 3 heteroatoms. The molecule has 1 amide bonds. The number of carbonyl (C=O) groups is 1. The quantitative estimate of drug-likeness (QED) is 0.813. The summed E-state index contributed by atoms with van der Waals surface area (Å²) < 4.78 is 0. The molecule has 1 N–H and O–H groups in total. The van der Waals surface area contributed by atoms with Crippen molar-refractivity contribution in [1.82, 2.24) is 5.48 Å². The summed E-state index contributed by atoms with van der Waals surface area (Å²) in [6, 6.07) is 19.3. The van der Waals surface area contributed by atoms with Crippen molar-refractivity contribution < 1.29 is 9.63 Å². The molecule has 0 unspecified atom stereocenters. The topological polar surface area (TPSA) is 38.3 Å². The van der Waals surface area contributed by atoms with Gasteiger partial charge in [-0.25, -0.2) is 5.48 Å². The van der Waals surface area contributed by atoms with E-state index in [0.29, 0.717) is 12.2 Å². The highest BCUT2D eigenvalue weighted by atomic mass is 16.6. The summed E-state index contributed by atoms with van der Waals surface area (Å²) in [4.78, 5) is 16.7. The van der Waals surface area contributed by atoms with Crippen molar-refractivity contribution in [3.63, 3.8) is 0 Å². The van der Waals surface area contributed by atoms with Gasteiger partial charge in [0.2, 0.25) is 0 Å². The third-order valence-electron chi connectivity index (χ3n) is 2.22. The van der Waals surface area contributed by atoms with Crippen LogP contribution in [0.3, 0.4) is 0 Å². The first kappa shape index (κ1) is 11.4. The molecule has 2 aromatic carbocycles. The molecule has 0 saturated carbocycles. The summed E-state index contributed by atoms with van der Waals surface area (Å²) in [6.07, 6.45) is 0. The minimum atomic E-state index is -0.266. The molecule has 17 heavy (non-hydrogen) atoms. The third kappa shape index (κ3) is 3.43. The van der Waals surface area contributed by atoms with Crippen molar-refractivity contribution in [1.29, 1.82) is 0 Å². The van der Waals surface area contributed by atoms with Gasteiger partial charge in [0.1, 0.15) is 0 Å². The molecular weight excluding hydrogens is 214 g/mol. The third-order valence-corrected chi connectivity index (χ3v) is 2.22. The minimum Gasteiger partial charge on any atom is -0.269 e. The zero-order valence-electron chi connectivity index (χ0n) is 9.22. The van der Waals surface area contributed by atoms with Crippen molar-refractivity contribution in [2.45, 2.75) is 6.61 Å². The standard InChI is InChI=1S/C14H12NO2/c16-14(13-9-5-2-6-10-13)15-17-11-12-7-3-1-4-8-12/h1-5,7-10H,11H2,(H,15,16). The lowest BCUT2D eigenvalue weighted by Crippen LogP contribution is -2.23. The molecule has 0 aromatic heterocycles. The van der Waals surface area contributed by atoms with Crippen LogP contribution in [-0.4, -0.2) is 5.91 Å². The molecule has 0 aliphatic heterocycles. The van der Waals surface area contributed by atoms with Gasteiger partial charge in [-0.3, -0.25) is 9.63 Å². The van der Waals surface area contributed by atoms with Crippen LogP contribution in [0.25, 0.3) is 0 Å². The van der Waals surface area contributed by atoms with Crippen molar-refractivity contribution in [2.24, 2.45) is 0 Å². The van der Waals surface area contributed by atoms with Crippen LogP contribution in [-0.2, 0) is 11.4 Å². The second kappa shape index (κ2) is 5.82. The van der Waals surface area contributed by atoms with Crippen LogP contribution in [0.5, 0.6) is 0 Å². The number of hydrogen-bond donors (Lipinski definition) is 1. The molecule has 85 valence electrons.